The van der Waals surface area contributed by atoms with Crippen molar-refractivity contribution in [2.75, 3.05) is 0 Å². The van der Waals surface area contributed by atoms with E-state index < -0.39 is 0 Å². The highest BCUT2D eigenvalue weighted by molar-refractivity contribution is 6.35. The number of hydrogen-bond acceptors (Lipinski definition) is 4. The third-order valence-electron chi connectivity index (χ3n) is 4.45. The maximum absolute atomic E-state index is 13.2. The van der Waals surface area contributed by atoms with Gasteiger partial charge in [-0.3, -0.25) is 4.79 Å². The lowest BCUT2D eigenvalue weighted by Crippen LogP contribution is -2.11. The van der Waals surface area contributed by atoms with Crippen LogP contribution in [0.4, 0.5) is 0 Å². The normalized spacial score (nSPS) is 11.1. The van der Waals surface area contributed by atoms with Gasteiger partial charge in [-0.25, -0.2) is 0 Å². The highest BCUT2D eigenvalue weighted by Crippen LogP contribution is 2.34. The third-order valence-corrected chi connectivity index (χ3v) is 5.16. The van der Waals surface area contributed by atoms with Crippen LogP contribution < -0.4 is 10.2 Å². The standard InChI is InChI=1S/C22H16Cl2O4/c1-12-9-13(2)20-14(10-12)19(25)22(21(28-20)18-7-4-8-26-18)27-11-15-16(23)5-3-6-17(15)24/h3-10H,11H2,1-2H3. The zero-order valence-corrected chi connectivity index (χ0v) is 16.7. The number of furan rings is 1. The molecule has 142 valence electrons. The summed E-state index contributed by atoms with van der Waals surface area (Å²) in [6, 6.07) is 12.4. The Morgan fingerprint density at radius 2 is 1.79 bits per heavy atom. The molecule has 0 saturated carbocycles. The zero-order chi connectivity index (χ0) is 19.8. The van der Waals surface area contributed by atoms with Crippen molar-refractivity contribution in [1.82, 2.24) is 0 Å². The van der Waals surface area contributed by atoms with Crippen molar-refractivity contribution in [2.45, 2.75) is 20.5 Å². The quantitative estimate of drug-likeness (QED) is 0.379. The molecular weight excluding hydrogens is 399 g/mol. The average molecular weight is 415 g/mol. The summed E-state index contributed by atoms with van der Waals surface area (Å²) in [5.41, 5.74) is 2.65. The summed E-state index contributed by atoms with van der Waals surface area (Å²) in [7, 11) is 0. The minimum Gasteiger partial charge on any atom is -0.481 e. The highest BCUT2D eigenvalue weighted by atomic mass is 35.5. The van der Waals surface area contributed by atoms with Crippen LogP contribution >= 0.6 is 23.2 Å². The van der Waals surface area contributed by atoms with Crippen LogP contribution in [0.2, 0.25) is 10.0 Å². The molecule has 0 aliphatic rings. The number of aryl methyl sites for hydroxylation is 2. The Labute approximate surface area is 171 Å². The molecule has 0 aliphatic carbocycles. The molecule has 0 atom stereocenters. The molecule has 0 fully saturated rings. The van der Waals surface area contributed by atoms with Crippen molar-refractivity contribution < 1.29 is 13.6 Å². The molecule has 0 aliphatic heterocycles. The first-order chi connectivity index (χ1) is 13.5. The SMILES string of the molecule is Cc1cc(C)c2oc(-c3ccco3)c(OCc3c(Cl)cccc3Cl)c(=O)c2c1. The molecule has 4 rings (SSSR count). The van der Waals surface area contributed by atoms with Gasteiger partial charge in [0, 0.05) is 15.6 Å². The third kappa shape index (κ3) is 3.30. The predicted molar refractivity (Wildman–Crippen MR) is 110 cm³/mol. The van der Waals surface area contributed by atoms with Crippen LogP contribution in [0.5, 0.6) is 5.75 Å². The van der Waals surface area contributed by atoms with Gasteiger partial charge in [-0.05, 0) is 55.3 Å². The van der Waals surface area contributed by atoms with Gasteiger partial charge in [0.1, 0.15) is 12.2 Å². The monoisotopic (exact) mass is 414 g/mol. The van der Waals surface area contributed by atoms with E-state index in [0.29, 0.717) is 32.3 Å². The van der Waals surface area contributed by atoms with Crippen LogP contribution in [0.3, 0.4) is 0 Å². The second-order valence-electron chi connectivity index (χ2n) is 6.51. The van der Waals surface area contributed by atoms with E-state index in [2.05, 4.69) is 0 Å². The molecule has 2 heterocycles. The lowest BCUT2D eigenvalue weighted by molar-refractivity contribution is 0.296. The molecule has 0 saturated heterocycles. The van der Waals surface area contributed by atoms with E-state index in [4.69, 9.17) is 36.8 Å². The first-order valence-electron chi connectivity index (χ1n) is 8.63. The molecule has 0 bridgehead atoms. The number of benzene rings is 2. The Hall–Kier alpha value is -2.69. The van der Waals surface area contributed by atoms with E-state index in [0.717, 1.165) is 11.1 Å². The van der Waals surface area contributed by atoms with Crippen LogP contribution in [0.1, 0.15) is 16.7 Å². The van der Waals surface area contributed by atoms with Crippen molar-refractivity contribution in [3.05, 3.63) is 85.7 Å². The number of rotatable bonds is 4. The number of hydrogen-bond donors (Lipinski definition) is 0. The molecule has 6 heteroatoms. The van der Waals surface area contributed by atoms with Crippen molar-refractivity contribution in [2.24, 2.45) is 0 Å². The van der Waals surface area contributed by atoms with E-state index in [1.54, 1.807) is 36.4 Å². The molecule has 4 aromatic rings. The van der Waals surface area contributed by atoms with E-state index in [9.17, 15) is 4.79 Å². The molecule has 0 spiro atoms. The fraction of sp³-hybridized carbons (Fsp3) is 0.136. The van der Waals surface area contributed by atoms with Gasteiger partial charge in [-0.15, -0.1) is 0 Å². The second kappa shape index (κ2) is 7.38. The summed E-state index contributed by atoms with van der Waals surface area (Å²) in [6.45, 7) is 3.85. The second-order valence-corrected chi connectivity index (χ2v) is 7.33. The smallest absolute Gasteiger partial charge is 0.235 e. The predicted octanol–water partition coefficient (Wildman–Crippen LogP) is 6.56. The largest absolute Gasteiger partial charge is 0.481 e. The minimum absolute atomic E-state index is 0.0211. The average Bonchev–Trinajstić information content (AvgIpc) is 3.17. The lowest BCUT2D eigenvalue weighted by atomic mass is 10.1. The van der Waals surface area contributed by atoms with Crippen LogP contribution in [0.15, 0.2) is 62.4 Å². The van der Waals surface area contributed by atoms with Crippen LogP contribution in [-0.2, 0) is 6.61 Å². The van der Waals surface area contributed by atoms with Gasteiger partial charge in [0.2, 0.25) is 16.9 Å². The van der Waals surface area contributed by atoms with Crippen LogP contribution in [0, 0.1) is 13.8 Å². The van der Waals surface area contributed by atoms with E-state index in [1.807, 2.05) is 19.9 Å². The van der Waals surface area contributed by atoms with Gasteiger partial charge in [0.05, 0.1) is 11.6 Å². The molecule has 2 aromatic carbocycles. The van der Waals surface area contributed by atoms with Crippen LogP contribution in [0.25, 0.3) is 22.5 Å². The molecule has 0 unspecified atom stereocenters. The minimum atomic E-state index is -0.275. The summed E-state index contributed by atoms with van der Waals surface area (Å²) in [4.78, 5) is 13.2. The lowest BCUT2D eigenvalue weighted by Gasteiger charge is -2.13. The number of ether oxygens (including phenoxy) is 1. The number of halogens is 2. The van der Waals surface area contributed by atoms with E-state index in [1.165, 1.54) is 6.26 Å². The van der Waals surface area contributed by atoms with Gasteiger partial charge >= 0.3 is 0 Å². The van der Waals surface area contributed by atoms with Gasteiger partial charge in [0.25, 0.3) is 0 Å². The Bertz CT molecular complexity index is 1200. The van der Waals surface area contributed by atoms with Gasteiger partial charge in [0.15, 0.2) is 5.76 Å². The van der Waals surface area contributed by atoms with Crippen molar-refractivity contribution >= 4 is 34.2 Å². The first-order valence-corrected chi connectivity index (χ1v) is 9.39. The maximum atomic E-state index is 13.2. The molecule has 0 amide bonds. The van der Waals surface area contributed by atoms with Gasteiger partial charge in [-0.2, -0.15) is 0 Å². The molecule has 28 heavy (non-hydrogen) atoms. The fourth-order valence-corrected chi connectivity index (χ4v) is 3.65. The molecule has 2 aromatic heterocycles. The Morgan fingerprint density at radius 1 is 1.04 bits per heavy atom. The Morgan fingerprint density at radius 3 is 2.46 bits per heavy atom. The summed E-state index contributed by atoms with van der Waals surface area (Å²) in [6.07, 6.45) is 1.51. The first kappa shape index (κ1) is 18.7. The van der Waals surface area contributed by atoms with Crippen molar-refractivity contribution in [3.8, 4) is 17.3 Å². The Balaban J connectivity index is 1.89. The van der Waals surface area contributed by atoms with Gasteiger partial charge in [-0.1, -0.05) is 35.3 Å². The molecule has 4 nitrogen and oxygen atoms in total. The highest BCUT2D eigenvalue weighted by Gasteiger charge is 2.21. The van der Waals surface area contributed by atoms with E-state index in [-0.39, 0.29) is 23.5 Å². The topological polar surface area (TPSA) is 52.6 Å². The Kier molecular flexibility index (Phi) is 4.92. The van der Waals surface area contributed by atoms with Gasteiger partial charge < -0.3 is 13.6 Å². The molecule has 0 radical (unpaired) electrons. The van der Waals surface area contributed by atoms with Crippen molar-refractivity contribution in [3.63, 3.8) is 0 Å². The summed E-state index contributed by atoms with van der Waals surface area (Å²) < 4.78 is 17.4. The molecule has 0 N–H and O–H groups in total. The summed E-state index contributed by atoms with van der Waals surface area (Å²) in [5, 5.41) is 1.38. The summed E-state index contributed by atoms with van der Waals surface area (Å²) >= 11 is 12.5. The van der Waals surface area contributed by atoms with E-state index >= 15 is 0 Å². The number of fused-ring (bicyclic) bond motifs is 1. The summed E-state index contributed by atoms with van der Waals surface area (Å²) in [5.74, 6) is 0.695. The fourth-order valence-electron chi connectivity index (χ4n) is 3.15. The van der Waals surface area contributed by atoms with Crippen molar-refractivity contribution in [1.29, 1.82) is 0 Å². The van der Waals surface area contributed by atoms with Crippen LogP contribution in [-0.4, -0.2) is 0 Å². The maximum Gasteiger partial charge on any atom is 0.235 e. The zero-order valence-electron chi connectivity index (χ0n) is 15.2. The molecular formula is C22H16Cl2O4.